The third kappa shape index (κ3) is 3.22. The Morgan fingerprint density at radius 2 is 2.18 bits per heavy atom. The Morgan fingerprint density at radius 3 is 2.77 bits per heavy atom. The van der Waals surface area contributed by atoms with Crippen molar-refractivity contribution in [2.24, 2.45) is 0 Å². The second-order valence-corrected chi connectivity index (χ2v) is 5.57. The van der Waals surface area contributed by atoms with Crippen molar-refractivity contribution < 1.29 is 4.79 Å². The molecule has 0 aliphatic carbocycles. The van der Waals surface area contributed by atoms with Crippen LogP contribution in [0.25, 0.3) is 5.82 Å². The number of nitrogens with one attached hydrogen (secondary N) is 1. The number of rotatable bonds is 4. The Kier molecular flexibility index (Phi) is 4.01. The van der Waals surface area contributed by atoms with Gasteiger partial charge in [0, 0.05) is 18.6 Å². The molecule has 3 aromatic heterocycles. The van der Waals surface area contributed by atoms with E-state index in [0.29, 0.717) is 5.69 Å². The molecule has 0 saturated heterocycles. The number of halogens is 1. The molecule has 7 nitrogen and oxygen atoms in total. The molecule has 0 spiro atoms. The number of hydrogen-bond donors (Lipinski definition) is 1. The third-order valence-electron chi connectivity index (χ3n) is 3.01. The van der Waals surface area contributed by atoms with Crippen LogP contribution in [0.1, 0.15) is 5.82 Å². The molecule has 0 aliphatic rings. The van der Waals surface area contributed by atoms with Gasteiger partial charge in [-0.05, 0) is 35.0 Å². The lowest BCUT2D eigenvalue weighted by Crippen LogP contribution is -2.19. The van der Waals surface area contributed by atoms with Crippen LogP contribution in [0, 0.1) is 6.92 Å². The standard InChI is InChI=1S/C14H13BrN6O/c1-10-16-4-5-21(10)13-3-2-12(7-17-13)19-14(22)9-20-8-11(15)6-18-20/h2-8H,9H2,1H3,(H,19,22). The van der Waals surface area contributed by atoms with Gasteiger partial charge in [-0.25, -0.2) is 9.97 Å². The predicted molar refractivity (Wildman–Crippen MR) is 84.7 cm³/mol. The number of carbonyl (C=O) groups is 1. The molecule has 0 unspecified atom stereocenters. The summed E-state index contributed by atoms with van der Waals surface area (Å²) in [5.41, 5.74) is 0.637. The summed E-state index contributed by atoms with van der Waals surface area (Å²) in [5, 5.41) is 6.82. The van der Waals surface area contributed by atoms with E-state index in [1.807, 2.05) is 23.8 Å². The van der Waals surface area contributed by atoms with Crippen LogP contribution in [0.4, 0.5) is 5.69 Å². The van der Waals surface area contributed by atoms with Crippen molar-refractivity contribution in [3.63, 3.8) is 0 Å². The van der Waals surface area contributed by atoms with E-state index in [9.17, 15) is 4.79 Å². The minimum atomic E-state index is -0.163. The van der Waals surface area contributed by atoms with Gasteiger partial charge < -0.3 is 5.32 Å². The van der Waals surface area contributed by atoms with Gasteiger partial charge in [-0.1, -0.05) is 0 Å². The summed E-state index contributed by atoms with van der Waals surface area (Å²) < 4.78 is 4.25. The van der Waals surface area contributed by atoms with Gasteiger partial charge in [-0.3, -0.25) is 14.0 Å². The minimum Gasteiger partial charge on any atom is -0.323 e. The van der Waals surface area contributed by atoms with Gasteiger partial charge in [0.15, 0.2) is 0 Å². The monoisotopic (exact) mass is 360 g/mol. The first-order chi connectivity index (χ1) is 10.6. The maximum absolute atomic E-state index is 11.9. The normalized spacial score (nSPS) is 10.6. The molecular formula is C14H13BrN6O. The van der Waals surface area contributed by atoms with E-state index in [1.54, 1.807) is 35.5 Å². The fraction of sp³-hybridized carbons (Fsp3) is 0.143. The van der Waals surface area contributed by atoms with Gasteiger partial charge in [-0.2, -0.15) is 5.10 Å². The van der Waals surface area contributed by atoms with E-state index in [1.165, 1.54) is 0 Å². The van der Waals surface area contributed by atoms with Gasteiger partial charge >= 0.3 is 0 Å². The Balaban J connectivity index is 1.66. The SMILES string of the molecule is Cc1nccn1-c1ccc(NC(=O)Cn2cc(Br)cn2)cn1. The summed E-state index contributed by atoms with van der Waals surface area (Å²) in [6.07, 6.45) is 8.55. The second kappa shape index (κ2) is 6.10. The fourth-order valence-electron chi connectivity index (χ4n) is 2.00. The number of anilines is 1. The fourth-order valence-corrected chi connectivity index (χ4v) is 2.32. The van der Waals surface area contributed by atoms with Crippen LogP contribution in [0.2, 0.25) is 0 Å². The molecule has 3 heterocycles. The molecule has 112 valence electrons. The molecule has 0 aliphatic heterocycles. The number of aryl methyl sites for hydroxylation is 1. The number of pyridine rings is 1. The minimum absolute atomic E-state index is 0.147. The average Bonchev–Trinajstić information content (AvgIpc) is 3.08. The van der Waals surface area contributed by atoms with E-state index < -0.39 is 0 Å². The molecule has 1 amide bonds. The average molecular weight is 361 g/mol. The van der Waals surface area contributed by atoms with E-state index in [4.69, 9.17) is 0 Å². The Hall–Kier alpha value is -2.48. The highest BCUT2D eigenvalue weighted by Crippen LogP contribution is 2.12. The molecule has 0 fully saturated rings. The van der Waals surface area contributed by atoms with Crippen LogP contribution in [0.15, 0.2) is 47.6 Å². The molecule has 8 heteroatoms. The number of aromatic nitrogens is 5. The van der Waals surface area contributed by atoms with E-state index in [2.05, 4.69) is 36.3 Å². The Bertz CT molecular complexity index is 792. The zero-order valence-electron chi connectivity index (χ0n) is 11.8. The summed E-state index contributed by atoms with van der Waals surface area (Å²) in [6.45, 7) is 2.05. The molecule has 0 atom stereocenters. The number of imidazole rings is 1. The highest BCUT2D eigenvalue weighted by atomic mass is 79.9. The number of hydrogen-bond acceptors (Lipinski definition) is 4. The summed E-state index contributed by atoms with van der Waals surface area (Å²) in [6, 6.07) is 3.63. The van der Waals surface area contributed by atoms with Gasteiger partial charge in [-0.15, -0.1) is 0 Å². The lowest BCUT2D eigenvalue weighted by molar-refractivity contribution is -0.116. The highest BCUT2D eigenvalue weighted by molar-refractivity contribution is 9.10. The van der Waals surface area contributed by atoms with Crippen LogP contribution in [-0.2, 0) is 11.3 Å². The quantitative estimate of drug-likeness (QED) is 0.773. The number of carbonyl (C=O) groups excluding carboxylic acids is 1. The molecule has 22 heavy (non-hydrogen) atoms. The first-order valence-corrected chi connectivity index (χ1v) is 7.35. The van der Waals surface area contributed by atoms with E-state index in [-0.39, 0.29) is 12.5 Å². The third-order valence-corrected chi connectivity index (χ3v) is 3.42. The van der Waals surface area contributed by atoms with Crippen molar-refractivity contribution in [3.05, 3.63) is 53.4 Å². The highest BCUT2D eigenvalue weighted by Gasteiger charge is 2.06. The molecule has 0 bridgehead atoms. The van der Waals surface area contributed by atoms with Gasteiger partial charge in [0.25, 0.3) is 0 Å². The molecular weight excluding hydrogens is 348 g/mol. The van der Waals surface area contributed by atoms with E-state index >= 15 is 0 Å². The lowest BCUT2D eigenvalue weighted by atomic mass is 10.4. The zero-order chi connectivity index (χ0) is 15.5. The van der Waals surface area contributed by atoms with Crippen LogP contribution in [-0.4, -0.2) is 30.2 Å². The smallest absolute Gasteiger partial charge is 0.246 e. The maximum atomic E-state index is 11.9. The van der Waals surface area contributed by atoms with Crippen molar-refractivity contribution >= 4 is 27.5 Å². The Labute approximate surface area is 135 Å². The van der Waals surface area contributed by atoms with Crippen molar-refractivity contribution in [2.75, 3.05) is 5.32 Å². The lowest BCUT2D eigenvalue weighted by Gasteiger charge is -2.07. The number of nitrogens with zero attached hydrogens (tertiary/aromatic N) is 5. The van der Waals surface area contributed by atoms with Crippen LogP contribution >= 0.6 is 15.9 Å². The molecule has 1 N–H and O–H groups in total. The van der Waals surface area contributed by atoms with Crippen molar-refractivity contribution in [3.8, 4) is 5.82 Å². The molecule has 0 saturated carbocycles. The van der Waals surface area contributed by atoms with Gasteiger partial charge in [0.2, 0.25) is 5.91 Å². The van der Waals surface area contributed by atoms with Gasteiger partial charge in [0.1, 0.15) is 18.2 Å². The predicted octanol–water partition coefficient (Wildman–Crippen LogP) is 2.17. The van der Waals surface area contributed by atoms with Crippen molar-refractivity contribution in [1.29, 1.82) is 0 Å². The molecule has 0 aromatic carbocycles. The molecule has 0 radical (unpaired) electrons. The summed E-state index contributed by atoms with van der Waals surface area (Å²) in [4.78, 5) is 20.4. The molecule has 3 rings (SSSR count). The summed E-state index contributed by atoms with van der Waals surface area (Å²) >= 11 is 3.29. The first-order valence-electron chi connectivity index (χ1n) is 6.56. The van der Waals surface area contributed by atoms with Crippen LogP contribution in [0.3, 0.4) is 0 Å². The molecule has 3 aromatic rings. The summed E-state index contributed by atoms with van der Waals surface area (Å²) in [7, 11) is 0. The van der Waals surface area contributed by atoms with Crippen molar-refractivity contribution in [1.82, 2.24) is 24.3 Å². The summed E-state index contributed by atoms with van der Waals surface area (Å²) in [5.74, 6) is 1.45. The topological polar surface area (TPSA) is 77.6 Å². The van der Waals surface area contributed by atoms with Crippen LogP contribution in [0.5, 0.6) is 0 Å². The van der Waals surface area contributed by atoms with Crippen LogP contribution < -0.4 is 5.32 Å². The van der Waals surface area contributed by atoms with E-state index in [0.717, 1.165) is 16.1 Å². The second-order valence-electron chi connectivity index (χ2n) is 4.65. The zero-order valence-corrected chi connectivity index (χ0v) is 13.4. The largest absolute Gasteiger partial charge is 0.323 e. The van der Waals surface area contributed by atoms with Crippen molar-refractivity contribution in [2.45, 2.75) is 13.5 Å². The van der Waals surface area contributed by atoms with Gasteiger partial charge in [0.05, 0.1) is 22.6 Å². The maximum Gasteiger partial charge on any atom is 0.246 e. The first kappa shape index (κ1) is 14.5. The number of amides is 1. The Morgan fingerprint density at radius 1 is 1.32 bits per heavy atom.